The summed E-state index contributed by atoms with van der Waals surface area (Å²) in [5.74, 6) is 0.731. The van der Waals surface area contributed by atoms with Crippen LogP contribution in [0.3, 0.4) is 0 Å². The molecule has 0 aliphatic carbocycles. The van der Waals surface area contributed by atoms with Crippen LogP contribution in [0, 0.1) is 0 Å². The first-order valence-corrected chi connectivity index (χ1v) is 9.19. The van der Waals surface area contributed by atoms with Gasteiger partial charge in [0.05, 0.1) is 17.6 Å². The highest BCUT2D eigenvalue weighted by Gasteiger charge is 2.30. The third kappa shape index (κ3) is 4.70. The predicted octanol–water partition coefficient (Wildman–Crippen LogP) is 0.393. The highest BCUT2D eigenvalue weighted by atomic mass is 32.2. The first-order valence-electron chi connectivity index (χ1n) is 7.37. The Bertz CT molecular complexity index is 350. The third-order valence-corrected chi connectivity index (χ3v) is 5.93. The average Bonchev–Trinajstić information content (AvgIpc) is 2.40. The second-order valence-electron chi connectivity index (χ2n) is 5.63. The van der Waals surface area contributed by atoms with Crippen molar-refractivity contribution < 1.29 is 13.2 Å². The van der Waals surface area contributed by atoms with E-state index in [0.717, 1.165) is 51.8 Å². The van der Waals surface area contributed by atoms with Crippen molar-refractivity contribution in [1.82, 2.24) is 4.90 Å². The van der Waals surface area contributed by atoms with Gasteiger partial charge in [-0.25, -0.2) is 8.42 Å². The van der Waals surface area contributed by atoms with Crippen LogP contribution in [-0.4, -0.2) is 63.2 Å². The number of nitrogens with two attached hydrogens (primary N) is 1. The minimum Gasteiger partial charge on any atom is -0.378 e. The number of hydrogen-bond donors (Lipinski definition) is 1. The minimum absolute atomic E-state index is 0.366. The van der Waals surface area contributed by atoms with Gasteiger partial charge in [0.15, 0.2) is 0 Å². The summed E-state index contributed by atoms with van der Waals surface area (Å²) in [6.45, 7) is 3.54. The molecule has 0 saturated carbocycles. The maximum absolute atomic E-state index is 11.4. The third-order valence-electron chi connectivity index (χ3n) is 4.22. The van der Waals surface area contributed by atoms with Gasteiger partial charge in [0.2, 0.25) is 0 Å². The molecule has 6 heteroatoms. The molecular formula is C13H26N2O3S. The summed E-state index contributed by atoms with van der Waals surface area (Å²) in [5.41, 5.74) is 5.45. The lowest BCUT2D eigenvalue weighted by Gasteiger charge is -2.39. The molecule has 0 aromatic rings. The average molecular weight is 290 g/mol. The number of likely N-dealkylation sites (tertiary alicyclic amines) is 1. The molecule has 0 atom stereocenters. The van der Waals surface area contributed by atoms with Crippen LogP contribution < -0.4 is 5.73 Å². The fourth-order valence-electron chi connectivity index (χ4n) is 2.98. The van der Waals surface area contributed by atoms with Gasteiger partial charge in [0.1, 0.15) is 9.84 Å². The molecule has 2 saturated heterocycles. The summed E-state index contributed by atoms with van der Waals surface area (Å²) in [7, 11) is -2.74. The van der Waals surface area contributed by atoms with Crippen molar-refractivity contribution in [2.45, 2.75) is 44.2 Å². The molecule has 2 aliphatic rings. The molecule has 0 radical (unpaired) electrons. The molecule has 2 N–H and O–H groups in total. The molecule has 0 aromatic carbocycles. The summed E-state index contributed by atoms with van der Waals surface area (Å²) in [6, 6.07) is 0.466. The van der Waals surface area contributed by atoms with Gasteiger partial charge in [-0.15, -0.1) is 0 Å². The lowest BCUT2D eigenvalue weighted by atomic mass is 10.0. The van der Waals surface area contributed by atoms with Crippen molar-refractivity contribution in [3.8, 4) is 0 Å². The maximum atomic E-state index is 11.4. The first kappa shape index (κ1) is 15.2. The summed E-state index contributed by atoms with van der Waals surface area (Å²) in [4.78, 5) is 2.46. The molecule has 2 aliphatic heterocycles. The number of ether oxygens (including phenoxy) is 1. The number of hydrogen-bond acceptors (Lipinski definition) is 5. The predicted molar refractivity (Wildman–Crippen MR) is 75.9 cm³/mol. The van der Waals surface area contributed by atoms with Gasteiger partial charge in [0.25, 0.3) is 0 Å². The SMILES string of the molecule is NCCCOC1CCN(C2CCS(=O)(=O)CC2)CC1. The van der Waals surface area contributed by atoms with Crippen LogP contribution in [0.25, 0.3) is 0 Å². The Morgan fingerprint density at radius 3 is 2.32 bits per heavy atom. The van der Waals surface area contributed by atoms with Crippen LogP contribution in [0.4, 0.5) is 0 Å². The van der Waals surface area contributed by atoms with Crippen LogP contribution in [0.15, 0.2) is 0 Å². The lowest BCUT2D eigenvalue weighted by molar-refractivity contribution is -0.00317. The Labute approximate surface area is 116 Å². The van der Waals surface area contributed by atoms with Crippen molar-refractivity contribution in [3.05, 3.63) is 0 Å². The van der Waals surface area contributed by atoms with Gasteiger partial charge in [-0.2, -0.15) is 0 Å². The molecule has 0 amide bonds. The van der Waals surface area contributed by atoms with E-state index in [2.05, 4.69) is 4.90 Å². The van der Waals surface area contributed by atoms with Crippen molar-refractivity contribution in [2.75, 3.05) is 37.7 Å². The lowest BCUT2D eigenvalue weighted by Crippen LogP contribution is -2.46. The molecule has 5 nitrogen and oxygen atoms in total. The number of piperidine rings is 1. The smallest absolute Gasteiger partial charge is 0.150 e. The van der Waals surface area contributed by atoms with E-state index >= 15 is 0 Å². The van der Waals surface area contributed by atoms with E-state index < -0.39 is 9.84 Å². The minimum atomic E-state index is -2.74. The van der Waals surface area contributed by atoms with Gasteiger partial charge in [-0.1, -0.05) is 0 Å². The van der Waals surface area contributed by atoms with Crippen LogP contribution in [0.1, 0.15) is 32.1 Å². The van der Waals surface area contributed by atoms with E-state index in [1.54, 1.807) is 0 Å². The second-order valence-corrected chi connectivity index (χ2v) is 7.93. The highest BCUT2D eigenvalue weighted by molar-refractivity contribution is 7.91. The fraction of sp³-hybridized carbons (Fsp3) is 1.00. The topological polar surface area (TPSA) is 72.6 Å². The van der Waals surface area contributed by atoms with Crippen molar-refractivity contribution in [2.24, 2.45) is 5.73 Å². The van der Waals surface area contributed by atoms with Crippen molar-refractivity contribution in [3.63, 3.8) is 0 Å². The van der Waals surface area contributed by atoms with Gasteiger partial charge in [0, 0.05) is 25.7 Å². The standard InChI is InChI=1S/C13H26N2O3S/c14-6-1-9-18-13-2-7-15(8-3-13)12-4-10-19(16,17)11-5-12/h12-13H,1-11,14H2. The van der Waals surface area contributed by atoms with Gasteiger partial charge < -0.3 is 15.4 Å². The summed E-state index contributed by atoms with van der Waals surface area (Å²) >= 11 is 0. The van der Waals surface area contributed by atoms with Crippen LogP contribution in [0.5, 0.6) is 0 Å². The Morgan fingerprint density at radius 1 is 1.11 bits per heavy atom. The number of nitrogens with zero attached hydrogens (tertiary/aromatic N) is 1. The zero-order valence-corrected chi connectivity index (χ0v) is 12.4. The quantitative estimate of drug-likeness (QED) is 0.742. The Balaban J connectivity index is 1.69. The highest BCUT2D eigenvalue weighted by Crippen LogP contribution is 2.23. The van der Waals surface area contributed by atoms with E-state index in [9.17, 15) is 8.42 Å². The molecule has 0 unspecified atom stereocenters. The zero-order chi connectivity index (χ0) is 13.7. The number of sulfone groups is 1. The van der Waals surface area contributed by atoms with E-state index in [1.807, 2.05) is 0 Å². The van der Waals surface area contributed by atoms with Crippen LogP contribution in [-0.2, 0) is 14.6 Å². The molecule has 2 fully saturated rings. The van der Waals surface area contributed by atoms with Gasteiger partial charge in [-0.3, -0.25) is 0 Å². The Hall–Kier alpha value is -0.170. The van der Waals surface area contributed by atoms with E-state index in [-0.39, 0.29) is 0 Å². The molecule has 0 aromatic heterocycles. The fourth-order valence-corrected chi connectivity index (χ4v) is 4.45. The van der Waals surface area contributed by atoms with E-state index in [4.69, 9.17) is 10.5 Å². The van der Waals surface area contributed by atoms with Gasteiger partial charge >= 0.3 is 0 Å². The Morgan fingerprint density at radius 2 is 1.74 bits per heavy atom. The van der Waals surface area contributed by atoms with E-state index in [1.165, 1.54) is 0 Å². The molecule has 0 bridgehead atoms. The van der Waals surface area contributed by atoms with Gasteiger partial charge in [-0.05, 0) is 38.6 Å². The van der Waals surface area contributed by atoms with Crippen molar-refractivity contribution in [1.29, 1.82) is 0 Å². The first-order chi connectivity index (χ1) is 9.11. The largest absolute Gasteiger partial charge is 0.378 e. The van der Waals surface area contributed by atoms with E-state index in [0.29, 0.717) is 30.2 Å². The summed E-state index contributed by atoms with van der Waals surface area (Å²) < 4.78 is 28.6. The summed E-state index contributed by atoms with van der Waals surface area (Å²) in [6.07, 6.45) is 5.04. The Kier molecular flexibility index (Phi) is 5.62. The molecule has 2 heterocycles. The number of rotatable bonds is 5. The summed E-state index contributed by atoms with van der Waals surface area (Å²) in [5, 5.41) is 0. The molecule has 112 valence electrons. The molecular weight excluding hydrogens is 264 g/mol. The molecule has 2 rings (SSSR count). The van der Waals surface area contributed by atoms with Crippen LogP contribution in [0.2, 0.25) is 0 Å². The monoisotopic (exact) mass is 290 g/mol. The molecule has 0 spiro atoms. The second kappa shape index (κ2) is 7.02. The van der Waals surface area contributed by atoms with Crippen molar-refractivity contribution >= 4 is 9.84 Å². The molecule has 19 heavy (non-hydrogen) atoms. The maximum Gasteiger partial charge on any atom is 0.150 e. The van der Waals surface area contributed by atoms with Crippen LogP contribution >= 0.6 is 0 Å². The zero-order valence-electron chi connectivity index (χ0n) is 11.6. The normalized spacial score (nSPS) is 26.6.